The molecule has 0 aliphatic carbocycles. The standard InChI is InChI=1S/C11H12ClN3O2/c1-6(2)10(11(16)17)15-9-4-3-7(12)8(5-13)14-9/h3-4,6,10H,1-2H3,(H,14,15)(H,16,17)/t10-/m1/s1. The molecule has 0 saturated carbocycles. The Labute approximate surface area is 104 Å². The van der Waals surface area contributed by atoms with E-state index in [-0.39, 0.29) is 16.6 Å². The van der Waals surface area contributed by atoms with Gasteiger partial charge in [0.15, 0.2) is 5.69 Å². The third kappa shape index (κ3) is 3.33. The first-order chi connectivity index (χ1) is 7.95. The van der Waals surface area contributed by atoms with Gasteiger partial charge in [-0.2, -0.15) is 5.26 Å². The zero-order chi connectivity index (χ0) is 13.0. The summed E-state index contributed by atoms with van der Waals surface area (Å²) < 4.78 is 0. The van der Waals surface area contributed by atoms with Gasteiger partial charge in [0.2, 0.25) is 0 Å². The van der Waals surface area contributed by atoms with Crippen molar-refractivity contribution >= 4 is 23.4 Å². The van der Waals surface area contributed by atoms with E-state index in [0.29, 0.717) is 5.82 Å². The Balaban J connectivity index is 2.95. The summed E-state index contributed by atoms with van der Waals surface area (Å²) in [5, 5.41) is 20.8. The van der Waals surface area contributed by atoms with Gasteiger partial charge in [-0.05, 0) is 18.1 Å². The molecule has 0 fully saturated rings. The number of rotatable bonds is 4. The molecule has 6 heteroatoms. The minimum atomic E-state index is -0.963. The van der Waals surface area contributed by atoms with Gasteiger partial charge in [0, 0.05) is 0 Å². The van der Waals surface area contributed by atoms with Crippen molar-refractivity contribution in [3.63, 3.8) is 0 Å². The zero-order valence-corrected chi connectivity index (χ0v) is 10.2. The number of nitriles is 1. The minimum Gasteiger partial charge on any atom is -0.480 e. The van der Waals surface area contributed by atoms with E-state index in [1.165, 1.54) is 6.07 Å². The number of aliphatic carboxylic acids is 1. The number of aromatic nitrogens is 1. The highest BCUT2D eigenvalue weighted by Crippen LogP contribution is 2.17. The molecule has 1 atom stereocenters. The quantitative estimate of drug-likeness (QED) is 0.858. The fourth-order valence-electron chi connectivity index (χ4n) is 1.27. The number of pyridine rings is 1. The molecule has 5 nitrogen and oxygen atoms in total. The van der Waals surface area contributed by atoms with E-state index in [1.807, 2.05) is 6.07 Å². The number of anilines is 1. The van der Waals surface area contributed by atoms with Crippen molar-refractivity contribution in [3.05, 3.63) is 22.8 Å². The van der Waals surface area contributed by atoms with Crippen LogP contribution in [0, 0.1) is 17.2 Å². The first-order valence-corrected chi connectivity index (χ1v) is 5.39. The number of carboxylic acids is 1. The molecule has 0 aliphatic rings. The van der Waals surface area contributed by atoms with Crippen LogP contribution < -0.4 is 5.32 Å². The monoisotopic (exact) mass is 253 g/mol. The molecule has 90 valence electrons. The zero-order valence-electron chi connectivity index (χ0n) is 9.44. The van der Waals surface area contributed by atoms with Crippen LogP contribution in [-0.4, -0.2) is 22.1 Å². The van der Waals surface area contributed by atoms with E-state index in [0.717, 1.165) is 0 Å². The summed E-state index contributed by atoms with van der Waals surface area (Å²) in [6.07, 6.45) is 0. The van der Waals surface area contributed by atoms with Crippen molar-refractivity contribution in [3.8, 4) is 6.07 Å². The lowest BCUT2D eigenvalue weighted by Crippen LogP contribution is -2.34. The van der Waals surface area contributed by atoms with E-state index >= 15 is 0 Å². The molecule has 0 spiro atoms. The molecule has 2 N–H and O–H groups in total. The van der Waals surface area contributed by atoms with Gasteiger partial charge in [-0.3, -0.25) is 0 Å². The fraction of sp³-hybridized carbons (Fsp3) is 0.364. The summed E-state index contributed by atoms with van der Waals surface area (Å²) in [6, 6.07) is 4.13. The second-order valence-corrected chi connectivity index (χ2v) is 4.25. The molecule has 0 radical (unpaired) electrons. The van der Waals surface area contributed by atoms with Crippen molar-refractivity contribution in [2.45, 2.75) is 19.9 Å². The van der Waals surface area contributed by atoms with Crippen LogP contribution in [0.2, 0.25) is 5.02 Å². The van der Waals surface area contributed by atoms with Crippen LogP contribution in [0.3, 0.4) is 0 Å². The molecule has 0 amide bonds. The van der Waals surface area contributed by atoms with Crippen molar-refractivity contribution in [1.82, 2.24) is 4.98 Å². The van der Waals surface area contributed by atoms with E-state index < -0.39 is 12.0 Å². The molecule has 1 aromatic heterocycles. The maximum atomic E-state index is 11.0. The molecule has 0 bridgehead atoms. The Morgan fingerprint density at radius 3 is 2.71 bits per heavy atom. The first-order valence-electron chi connectivity index (χ1n) is 5.01. The Morgan fingerprint density at radius 1 is 1.59 bits per heavy atom. The van der Waals surface area contributed by atoms with Crippen LogP contribution >= 0.6 is 11.6 Å². The van der Waals surface area contributed by atoms with E-state index in [2.05, 4.69) is 10.3 Å². The average molecular weight is 254 g/mol. The van der Waals surface area contributed by atoms with Crippen molar-refractivity contribution in [1.29, 1.82) is 5.26 Å². The lowest BCUT2D eigenvalue weighted by atomic mass is 10.1. The predicted octanol–water partition coefficient (Wildman–Crippen LogP) is 2.13. The smallest absolute Gasteiger partial charge is 0.326 e. The molecule has 0 aliphatic heterocycles. The molecular weight excluding hydrogens is 242 g/mol. The van der Waals surface area contributed by atoms with Gasteiger partial charge < -0.3 is 10.4 Å². The minimum absolute atomic E-state index is 0.0737. The SMILES string of the molecule is CC(C)[C@@H](Nc1ccc(Cl)c(C#N)n1)C(=O)O. The van der Waals surface area contributed by atoms with Crippen molar-refractivity contribution in [2.24, 2.45) is 5.92 Å². The summed E-state index contributed by atoms with van der Waals surface area (Å²) in [6.45, 7) is 3.57. The summed E-state index contributed by atoms with van der Waals surface area (Å²) in [4.78, 5) is 14.9. The highest BCUT2D eigenvalue weighted by Gasteiger charge is 2.21. The maximum Gasteiger partial charge on any atom is 0.326 e. The van der Waals surface area contributed by atoms with Gasteiger partial charge in [0.05, 0.1) is 5.02 Å². The van der Waals surface area contributed by atoms with E-state index in [4.69, 9.17) is 22.0 Å². The van der Waals surface area contributed by atoms with E-state index in [1.54, 1.807) is 19.9 Å². The Kier molecular flexibility index (Phi) is 4.30. The van der Waals surface area contributed by atoms with Gasteiger partial charge >= 0.3 is 5.97 Å². The molecular formula is C11H12ClN3O2. The number of carboxylic acid groups (broad SMARTS) is 1. The van der Waals surface area contributed by atoms with Gasteiger partial charge in [0.25, 0.3) is 0 Å². The van der Waals surface area contributed by atoms with E-state index in [9.17, 15) is 4.79 Å². The number of nitrogens with one attached hydrogen (secondary N) is 1. The summed E-state index contributed by atoms with van der Waals surface area (Å²) in [5.74, 6) is -0.738. The van der Waals surface area contributed by atoms with Crippen LogP contribution in [0.5, 0.6) is 0 Å². The fourth-order valence-corrected chi connectivity index (χ4v) is 1.42. The molecule has 0 saturated heterocycles. The van der Waals surface area contributed by atoms with Gasteiger partial charge in [0.1, 0.15) is 17.9 Å². The van der Waals surface area contributed by atoms with Gasteiger partial charge in [-0.25, -0.2) is 9.78 Å². The lowest BCUT2D eigenvalue weighted by Gasteiger charge is -2.18. The average Bonchev–Trinajstić information content (AvgIpc) is 2.26. The Morgan fingerprint density at radius 2 is 2.24 bits per heavy atom. The Hall–Kier alpha value is -1.80. The molecule has 1 aromatic rings. The van der Waals surface area contributed by atoms with Crippen LogP contribution in [0.25, 0.3) is 0 Å². The first kappa shape index (κ1) is 13.3. The number of halogens is 1. The summed E-state index contributed by atoms with van der Waals surface area (Å²) >= 11 is 5.73. The highest BCUT2D eigenvalue weighted by atomic mass is 35.5. The van der Waals surface area contributed by atoms with Crippen LogP contribution in [-0.2, 0) is 4.79 Å². The van der Waals surface area contributed by atoms with Crippen LogP contribution in [0.15, 0.2) is 12.1 Å². The van der Waals surface area contributed by atoms with Crippen LogP contribution in [0.1, 0.15) is 19.5 Å². The summed E-state index contributed by atoms with van der Waals surface area (Å²) in [7, 11) is 0. The molecule has 0 aromatic carbocycles. The van der Waals surface area contributed by atoms with Gasteiger partial charge in [-0.15, -0.1) is 0 Å². The number of hydrogen-bond donors (Lipinski definition) is 2. The normalized spacial score (nSPS) is 11.9. The molecule has 0 unspecified atom stereocenters. The van der Waals surface area contributed by atoms with Crippen molar-refractivity contribution in [2.75, 3.05) is 5.32 Å². The third-order valence-corrected chi connectivity index (χ3v) is 2.49. The van der Waals surface area contributed by atoms with Gasteiger partial charge in [-0.1, -0.05) is 25.4 Å². The second kappa shape index (κ2) is 5.51. The largest absolute Gasteiger partial charge is 0.480 e. The third-order valence-electron chi connectivity index (χ3n) is 2.19. The number of nitrogens with zero attached hydrogens (tertiary/aromatic N) is 2. The lowest BCUT2D eigenvalue weighted by molar-refractivity contribution is -0.138. The summed E-state index contributed by atoms with van der Waals surface area (Å²) in [5.41, 5.74) is 0.0737. The molecule has 1 heterocycles. The molecule has 17 heavy (non-hydrogen) atoms. The van der Waals surface area contributed by atoms with Crippen molar-refractivity contribution < 1.29 is 9.90 Å². The highest BCUT2D eigenvalue weighted by molar-refractivity contribution is 6.31. The van der Waals surface area contributed by atoms with Crippen LogP contribution in [0.4, 0.5) is 5.82 Å². The Bertz CT molecular complexity index is 468. The maximum absolute atomic E-state index is 11.0. The molecule has 1 rings (SSSR count). The number of hydrogen-bond acceptors (Lipinski definition) is 4. The second-order valence-electron chi connectivity index (χ2n) is 3.84. The number of carbonyl (C=O) groups is 1. The predicted molar refractivity (Wildman–Crippen MR) is 63.8 cm³/mol. The topological polar surface area (TPSA) is 86.0 Å².